The zero-order valence-corrected chi connectivity index (χ0v) is 13.0. The number of nitrogens with one attached hydrogen (secondary N) is 1. The average molecular weight is 300 g/mol. The summed E-state index contributed by atoms with van der Waals surface area (Å²) in [6, 6.07) is -0.745. The summed E-state index contributed by atoms with van der Waals surface area (Å²) in [6.07, 6.45) is 0. The predicted octanol–water partition coefficient (Wildman–Crippen LogP) is 0.685. The first-order chi connectivity index (χ1) is 9.60. The Morgan fingerprint density at radius 3 is 2.24 bits per heavy atom. The van der Waals surface area contributed by atoms with Crippen LogP contribution in [0.4, 0.5) is 4.79 Å². The van der Waals surface area contributed by atoms with Crippen molar-refractivity contribution in [3.8, 4) is 0 Å². The fraction of sp³-hybridized carbons (Fsp3) is 0.857. The smallest absolute Gasteiger partial charge is 0.317 e. The molecule has 2 aliphatic heterocycles. The van der Waals surface area contributed by atoms with Crippen LogP contribution in [-0.4, -0.2) is 65.6 Å². The summed E-state index contributed by atoms with van der Waals surface area (Å²) < 4.78 is 11.1. The number of urea groups is 1. The van der Waals surface area contributed by atoms with Gasteiger partial charge in [-0.15, -0.1) is 0 Å². The lowest BCUT2D eigenvalue weighted by atomic mass is 9.99. The van der Waals surface area contributed by atoms with Crippen LogP contribution in [-0.2, 0) is 14.3 Å². The number of hydrogen-bond donors (Lipinski definition) is 2. The molecule has 2 rings (SSSR count). The second-order valence-corrected chi connectivity index (χ2v) is 7.02. The molecular formula is C14H24N2O5. The van der Waals surface area contributed by atoms with Gasteiger partial charge in [0.25, 0.3) is 0 Å². The number of amides is 2. The van der Waals surface area contributed by atoms with Crippen LogP contribution in [0.25, 0.3) is 0 Å². The normalized spacial score (nSPS) is 31.0. The molecule has 0 saturated carbocycles. The van der Waals surface area contributed by atoms with Crippen molar-refractivity contribution >= 4 is 12.0 Å². The number of carbonyl (C=O) groups is 2. The molecule has 2 saturated heterocycles. The first kappa shape index (κ1) is 16.0. The summed E-state index contributed by atoms with van der Waals surface area (Å²) in [4.78, 5) is 25.2. The third kappa shape index (κ3) is 3.85. The zero-order valence-electron chi connectivity index (χ0n) is 13.0. The number of rotatable bonds is 2. The van der Waals surface area contributed by atoms with Gasteiger partial charge in [0, 0.05) is 0 Å². The highest BCUT2D eigenvalue weighted by molar-refractivity contribution is 5.77. The van der Waals surface area contributed by atoms with Gasteiger partial charge in [0.15, 0.2) is 0 Å². The largest absolute Gasteiger partial charge is 0.481 e. The number of nitrogens with zero attached hydrogens (tertiary/aromatic N) is 1. The maximum atomic E-state index is 12.4. The molecule has 0 aromatic heterocycles. The van der Waals surface area contributed by atoms with Crippen molar-refractivity contribution in [3.63, 3.8) is 0 Å². The van der Waals surface area contributed by atoms with Crippen LogP contribution in [0.1, 0.15) is 27.7 Å². The Kier molecular flexibility index (Phi) is 4.17. The summed E-state index contributed by atoms with van der Waals surface area (Å²) in [5.41, 5.74) is -0.866. The molecule has 7 nitrogen and oxygen atoms in total. The highest BCUT2D eigenvalue weighted by Gasteiger charge is 2.42. The van der Waals surface area contributed by atoms with Gasteiger partial charge >= 0.3 is 12.0 Å². The molecule has 0 aromatic carbocycles. The molecule has 0 radical (unpaired) electrons. The lowest BCUT2D eigenvalue weighted by Gasteiger charge is -2.47. The van der Waals surface area contributed by atoms with Crippen LogP contribution < -0.4 is 5.32 Å². The molecule has 2 amide bonds. The second-order valence-electron chi connectivity index (χ2n) is 7.02. The molecule has 120 valence electrons. The average Bonchev–Trinajstić information content (AvgIpc) is 2.72. The van der Waals surface area contributed by atoms with Gasteiger partial charge in [0.1, 0.15) is 5.92 Å². The highest BCUT2D eigenvalue weighted by atomic mass is 16.5. The number of morpholine rings is 1. The Bertz CT molecular complexity index is 419. The minimum atomic E-state index is -0.944. The van der Waals surface area contributed by atoms with Crippen molar-refractivity contribution in [2.75, 3.05) is 26.3 Å². The molecular weight excluding hydrogens is 276 g/mol. The molecule has 0 spiro atoms. The molecule has 7 heteroatoms. The lowest BCUT2D eigenvalue weighted by molar-refractivity contribution is -0.170. The highest BCUT2D eigenvalue weighted by Crippen LogP contribution is 2.28. The minimum Gasteiger partial charge on any atom is -0.481 e. The van der Waals surface area contributed by atoms with E-state index in [1.165, 1.54) is 0 Å². The third-order valence-electron chi connectivity index (χ3n) is 3.69. The van der Waals surface area contributed by atoms with Crippen molar-refractivity contribution in [3.05, 3.63) is 0 Å². The van der Waals surface area contributed by atoms with E-state index in [9.17, 15) is 9.59 Å². The van der Waals surface area contributed by atoms with Gasteiger partial charge in [-0.25, -0.2) is 4.79 Å². The maximum absolute atomic E-state index is 12.4. The van der Waals surface area contributed by atoms with E-state index in [0.29, 0.717) is 13.1 Å². The van der Waals surface area contributed by atoms with Gasteiger partial charge in [-0.05, 0) is 27.7 Å². The topological polar surface area (TPSA) is 88.1 Å². The Labute approximate surface area is 124 Å². The number of aliphatic carboxylic acids is 1. The minimum absolute atomic E-state index is 0.139. The van der Waals surface area contributed by atoms with Crippen LogP contribution >= 0.6 is 0 Å². The van der Waals surface area contributed by atoms with Crippen LogP contribution in [0.2, 0.25) is 0 Å². The summed E-state index contributed by atoms with van der Waals surface area (Å²) in [7, 11) is 0. The molecule has 0 aromatic rings. The number of carboxylic acid groups (broad SMARTS) is 1. The molecule has 0 aliphatic carbocycles. The number of carboxylic acids is 1. The molecule has 2 N–H and O–H groups in total. The van der Waals surface area contributed by atoms with Crippen molar-refractivity contribution in [2.45, 2.75) is 44.9 Å². The Balaban J connectivity index is 2.01. The fourth-order valence-corrected chi connectivity index (χ4v) is 3.12. The molecule has 21 heavy (non-hydrogen) atoms. The first-order valence-electron chi connectivity index (χ1n) is 7.16. The number of carbonyl (C=O) groups excluding carboxylic acids is 1. The van der Waals surface area contributed by atoms with Gasteiger partial charge in [0.2, 0.25) is 0 Å². The van der Waals surface area contributed by atoms with Crippen LogP contribution in [0, 0.1) is 5.92 Å². The van der Waals surface area contributed by atoms with E-state index in [4.69, 9.17) is 14.6 Å². The van der Waals surface area contributed by atoms with Gasteiger partial charge in [-0.2, -0.15) is 0 Å². The van der Waals surface area contributed by atoms with Crippen LogP contribution in [0.3, 0.4) is 0 Å². The van der Waals surface area contributed by atoms with Crippen molar-refractivity contribution in [1.82, 2.24) is 10.2 Å². The molecule has 2 heterocycles. The maximum Gasteiger partial charge on any atom is 0.317 e. The van der Waals surface area contributed by atoms with Crippen LogP contribution in [0.5, 0.6) is 0 Å². The number of ether oxygens (including phenoxy) is 2. The predicted molar refractivity (Wildman–Crippen MR) is 75.1 cm³/mol. The SMILES string of the molecule is CC1(C)CN(C(=O)NC2COCC2C(=O)O)CC(C)(C)O1. The summed E-state index contributed by atoms with van der Waals surface area (Å²) in [6.45, 7) is 9.06. The Hall–Kier alpha value is -1.34. The van der Waals surface area contributed by atoms with E-state index in [1.807, 2.05) is 27.7 Å². The third-order valence-corrected chi connectivity index (χ3v) is 3.69. The monoisotopic (exact) mass is 300 g/mol. The number of hydrogen-bond acceptors (Lipinski definition) is 4. The standard InChI is InChI=1S/C14H24N2O5/c1-13(2)7-16(8-14(3,4)21-13)12(19)15-10-6-20-5-9(10)11(17)18/h9-10H,5-8H2,1-4H3,(H,15,19)(H,17,18). The van der Waals surface area contributed by atoms with E-state index in [-0.39, 0.29) is 19.2 Å². The van der Waals surface area contributed by atoms with E-state index in [1.54, 1.807) is 4.90 Å². The first-order valence-corrected chi connectivity index (χ1v) is 7.16. The van der Waals surface area contributed by atoms with E-state index >= 15 is 0 Å². The fourth-order valence-electron chi connectivity index (χ4n) is 3.12. The summed E-state index contributed by atoms with van der Waals surface area (Å²) >= 11 is 0. The molecule has 2 fully saturated rings. The zero-order chi connectivity index (χ0) is 15.8. The van der Waals surface area contributed by atoms with Crippen molar-refractivity contribution in [1.29, 1.82) is 0 Å². The van der Waals surface area contributed by atoms with Gasteiger partial charge < -0.3 is 24.8 Å². The van der Waals surface area contributed by atoms with Gasteiger partial charge in [-0.1, -0.05) is 0 Å². The molecule has 0 bridgehead atoms. The second kappa shape index (κ2) is 5.46. The van der Waals surface area contributed by atoms with E-state index in [0.717, 1.165) is 0 Å². The van der Waals surface area contributed by atoms with Gasteiger partial charge in [0.05, 0.1) is 43.5 Å². The quantitative estimate of drug-likeness (QED) is 0.783. The Morgan fingerprint density at radius 1 is 1.14 bits per heavy atom. The summed E-state index contributed by atoms with van der Waals surface area (Å²) in [5, 5.41) is 11.9. The van der Waals surface area contributed by atoms with Crippen molar-refractivity contribution in [2.24, 2.45) is 5.92 Å². The lowest BCUT2D eigenvalue weighted by Crippen LogP contribution is -2.61. The Morgan fingerprint density at radius 2 is 1.71 bits per heavy atom. The summed E-state index contributed by atoms with van der Waals surface area (Å²) in [5.74, 6) is -1.63. The van der Waals surface area contributed by atoms with Gasteiger partial charge in [-0.3, -0.25) is 4.79 Å². The van der Waals surface area contributed by atoms with E-state index < -0.39 is 29.1 Å². The van der Waals surface area contributed by atoms with Crippen molar-refractivity contribution < 1.29 is 24.2 Å². The molecule has 2 aliphatic rings. The molecule has 2 unspecified atom stereocenters. The molecule has 2 atom stereocenters. The van der Waals surface area contributed by atoms with Crippen LogP contribution in [0.15, 0.2) is 0 Å². The van der Waals surface area contributed by atoms with E-state index in [2.05, 4.69) is 5.32 Å².